The number of hydrogen-bond donors (Lipinski definition) is 2. The summed E-state index contributed by atoms with van der Waals surface area (Å²) < 4.78 is 12.9. The van der Waals surface area contributed by atoms with Gasteiger partial charge in [-0.1, -0.05) is 29.8 Å². The van der Waals surface area contributed by atoms with Gasteiger partial charge in [-0.05, 0) is 53.7 Å². The Morgan fingerprint density at radius 2 is 1.77 bits per heavy atom. The number of benzene rings is 2. The molecule has 1 aliphatic rings. The van der Waals surface area contributed by atoms with Gasteiger partial charge in [0.15, 0.2) is 0 Å². The van der Waals surface area contributed by atoms with E-state index in [0.29, 0.717) is 10.6 Å². The fourth-order valence-corrected chi connectivity index (χ4v) is 3.71. The van der Waals surface area contributed by atoms with Crippen LogP contribution in [0.15, 0.2) is 53.4 Å². The van der Waals surface area contributed by atoms with Gasteiger partial charge in [-0.2, -0.15) is 0 Å². The molecule has 160 valence electrons. The van der Waals surface area contributed by atoms with E-state index in [1.165, 1.54) is 12.1 Å². The second kappa shape index (κ2) is 10.2. The summed E-state index contributed by atoms with van der Waals surface area (Å²) in [6, 6.07) is 11.8. The fraction of sp³-hybridized carbons (Fsp3) is 0.143. The molecule has 1 aliphatic heterocycles. The van der Waals surface area contributed by atoms with Crippen molar-refractivity contribution in [2.75, 3.05) is 19.6 Å². The minimum absolute atomic E-state index is 0.0117. The molecule has 3 rings (SSSR count). The zero-order valence-electron chi connectivity index (χ0n) is 16.1. The van der Waals surface area contributed by atoms with Crippen molar-refractivity contribution >= 4 is 52.4 Å². The van der Waals surface area contributed by atoms with E-state index in [4.69, 9.17) is 11.6 Å². The van der Waals surface area contributed by atoms with Crippen molar-refractivity contribution < 1.29 is 23.6 Å². The van der Waals surface area contributed by atoms with E-state index in [9.17, 15) is 23.6 Å². The molecule has 1 heterocycles. The van der Waals surface area contributed by atoms with Crippen molar-refractivity contribution in [2.24, 2.45) is 0 Å². The Balaban J connectivity index is 1.46. The molecule has 0 saturated carbocycles. The first-order valence-electron chi connectivity index (χ1n) is 9.15. The Kier molecular flexibility index (Phi) is 7.43. The van der Waals surface area contributed by atoms with E-state index in [-0.39, 0.29) is 30.1 Å². The van der Waals surface area contributed by atoms with Crippen molar-refractivity contribution in [3.8, 4) is 0 Å². The summed E-state index contributed by atoms with van der Waals surface area (Å²) in [4.78, 5) is 49.7. The minimum atomic E-state index is -0.522. The number of nitrogens with one attached hydrogen (secondary N) is 2. The third kappa shape index (κ3) is 5.93. The highest BCUT2D eigenvalue weighted by Crippen LogP contribution is 2.33. The number of imide groups is 1. The summed E-state index contributed by atoms with van der Waals surface area (Å²) in [7, 11) is 0. The SMILES string of the molecule is O=C(CNC(=O)c1ccc(F)cc1)NCCN1C(=O)SC(=Cc2ccccc2Cl)C1=O. The van der Waals surface area contributed by atoms with Crippen LogP contribution >= 0.6 is 23.4 Å². The van der Waals surface area contributed by atoms with Crippen molar-refractivity contribution in [3.05, 3.63) is 75.4 Å². The highest BCUT2D eigenvalue weighted by molar-refractivity contribution is 8.18. The van der Waals surface area contributed by atoms with E-state index in [1.807, 2.05) is 0 Å². The summed E-state index contributed by atoms with van der Waals surface area (Å²) in [5, 5.41) is 4.96. The number of carbonyl (C=O) groups is 4. The predicted molar refractivity (Wildman–Crippen MR) is 116 cm³/mol. The monoisotopic (exact) mass is 461 g/mol. The molecule has 0 radical (unpaired) electrons. The molecule has 0 unspecified atom stereocenters. The normalized spacial score (nSPS) is 14.8. The van der Waals surface area contributed by atoms with Crippen molar-refractivity contribution in [3.63, 3.8) is 0 Å². The lowest BCUT2D eigenvalue weighted by Crippen LogP contribution is -2.41. The zero-order chi connectivity index (χ0) is 22.4. The minimum Gasteiger partial charge on any atom is -0.353 e. The van der Waals surface area contributed by atoms with Gasteiger partial charge < -0.3 is 10.6 Å². The first kappa shape index (κ1) is 22.5. The molecule has 10 heteroatoms. The smallest absolute Gasteiger partial charge is 0.293 e. The van der Waals surface area contributed by atoms with E-state index < -0.39 is 28.8 Å². The molecule has 0 bridgehead atoms. The maximum atomic E-state index is 12.9. The molecule has 0 aromatic heterocycles. The van der Waals surface area contributed by atoms with Crippen LogP contribution in [-0.2, 0) is 9.59 Å². The number of thioether (sulfide) groups is 1. The second-order valence-corrected chi connectivity index (χ2v) is 7.79. The van der Waals surface area contributed by atoms with Gasteiger partial charge in [-0.25, -0.2) is 4.39 Å². The molecular formula is C21H17ClFN3O4S. The first-order chi connectivity index (χ1) is 14.8. The van der Waals surface area contributed by atoms with Gasteiger partial charge in [-0.3, -0.25) is 24.1 Å². The van der Waals surface area contributed by atoms with Crippen molar-refractivity contribution in [1.82, 2.24) is 15.5 Å². The number of rotatable bonds is 7. The van der Waals surface area contributed by atoms with Crippen LogP contribution in [0.25, 0.3) is 6.08 Å². The summed E-state index contributed by atoms with van der Waals surface area (Å²) in [6.07, 6.45) is 1.55. The van der Waals surface area contributed by atoms with Gasteiger partial charge in [0, 0.05) is 23.7 Å². The molecule has 31 heavy (non-hydrogen) atoms. The maximum Gasteiger partial charge on any atom is 0.293 e. The molecule has 2 N–H and O–H groups in total. The Labute approximate surface area is 186 Å². The standard InChI is InChI=1S/C21H17ClFN3O4S/c22-16-4-2-1-3-14(16)11-17-20(29)26(21(30)31-17)10-9-24-18(27)12-25-19(28)13-5-7-15(23)8-6-13/h1-8,11H,9-10,12H2,(H,24,27)(H,25,28). The van der Waals surface area contributed by atoms with Gasteiger partial charge in [0.05, 0.1) is 11.4 Å². The molecule has 4 amide bonds. The zero-order valence-corrected chi connectivity index (χ0v) is 17.6. The van der Waals surface area contributed by atoms with E-state index in [1.54, 1.807) is 30.3 Å². The van der Waals surface area contributed by atoms with E-state index >= 15 is 0 Å². The summed E-state index contributed by atoms with van der Waals surface area (Å²) >= 11 is 6.88. The quantitative estimate of drug-likeness (QED) is 0.618. The van der Waals surface area contributed by atoms with Gasteiger partial charge >= 0.3 is 0 Å². The average molecular weight is 462 g/mol. The van der Waals surface area contributed by atoms with Gasteiger partial charge in [0.25, 0.3) is 17.1 Å². The van der Waals surface area contributed by atoms with E-state index in [2.05, 4.69) is 10.6 Å². The topological polar surface area (TPSA) is 95.6 Å². The van der Waals surface area contributed by atoms with Gasteiger partial charge in [-0.15, -0.1) is 0 Å². The average Bonchev–Trinajstić information content (AvgIpc) is 3.01. The van der Waals surface area contributed by atoms with Crippen LogP contribution in [0.3, 0.4) is 0 Å². The van der Waals surface area contributed by atoms with Crippen LogP contribution in [0.2, 0.25) is 5.02 Å². The van der Waals surface area contributed by atoms with Crippen LogP contribution < -0.4 is 10.6 Å². The highest BCUT2D eigenvalue weighted by Gasteiger charge is 2.34. The molecule has 2 aromatic carbocycles. The van der Waals surface area contributed by atoms with Gasteiger partial charge in [0.2, 0.25) is 5.91 Å². The number of amides is 4. The molecule has 1 saturated heterocycles. The van der Waals surface area contributed by atoms with E-state index in [0.717, 1.165) is 28.8 Å². The number of nitrogens with zero attached hydrogens (tertiary/aromatic N) is 1. The predicted octanol–water partition coefficient (Wildman–Crippen LogP) is 3.06. The molecule has 0 aliphatic carbocycles. The molecule has 0 spiro atoms. The van der Waals surface area contributed by atoms with Crippen LogP contribution in [0.1, 0.15) is 15.9 Å². The lowest BCUT2D eigenvalue weighted by Gasteiger charge is -2.13. The second-order valence-electron chi connectivity index (χ2n) is 6.39. The number of halogens is 2. The fourth-order valence-electron chi connectivity index (χ4n) is 2.66. The van der Waals surface area contributed by atoms with Crippen molar-refractivity contribution in [2.45, 2.75) is 0 Å². The molecule has 1 fully saturated rings. The highest BCUT2D eigenvalue weighted by atomic mass is 35.5. The number of carbonyl (C=O) groups excluding carboxylic acids is 4. The maximum absolute atomic E-state index is 12.9. The third-order valence-electron chi connectivity index (χ3n) is 4.24. The largest absolute Gasteiger partial charge is 0.353 e. The molecule has 0 atom stereocenters. The lowest BCUT2D eigenvalue weighted by molar-refractivity contribution is -0.124. The van der Waals surface area contributed by atoms with Crippen LogP contribution in [0, 0.1) is 5.82 Å². The van der Waals surface area contributed by atoms with Gasteiger partial charge in [0.1, 0.15) is 5.82 Å². The molecule has 2 aromatic rings. The van der Waals surface area contributed by atoms with Crippen LogP contribution in [-0.4, -0.2) is 47.5 Å². The first-order valence-corrected chi connectivity index (χ1v) is 10.3. The Morgan fingerprint density at radius 3 is 2.48 bits per heavy atom. The molecular weight excluding hydrogens is 445 g/mol. The van der Waals surface area contributed by atoms with Crippen LogP contribution in [0.4, 0.5) is 9.18 Å². The summed E-state index contributed by atoms with van der Waals surface area (Å²) in [5.74, 6) is -1.95. The summed E-state index contributed by atoms with van der Waals surface area (Å²) in [5.41, 5.74) is 0.845. The number of hydrogen-bond acceptors (Lipinski definition) is 5. The summed E-state index contributed by atoms with van der Waals surface area (Å²) in [6.45, 7) is -0.282. The van der Waals surface area contributed by atoms with Crippen molar-refractivity contribution in [1.29, 1.82) is 0 Å². The Bertz CT molecular complexity index is 1060. The van der Waals surface area contributed by atoms with Crippen LogP contribution in [0.5, 0.6) is 0 Å². The Hall–Kier alpha value is -3.17. The Morgan fingerprint density at radius 1 is 1.06 bits per heavy atom. The third-order valence-corrected chi connectivity index (χ3v) is 5.49. The lowest BCUT2D eigenvalue weighted by atomic mass is 10.2. The molecule has 7 nitrogen and oxygen atoms in total.